The topological polar surface area (TPSA) is 65.7 Å². The normalized spacial score (nSPS) is 12.2. The number of aryl methyl sites for hydroxylation is 1. The van der Waals surface area contributed by atoms with Gasteiger partial charge in [-0.2, -0.15) is 0 Å². The summed E-state index contributed by atoms with van der Waals surface area (Å²) in [5, 5.41) is 1.04. The molecule has 6 heteroatoms. The van der Waals surface area contributed by atoms with Crippen LogP contribution < -0.4 is 10.4 Å². The van der Waals surface area contributed by atoms with E-state index >= 15 is 0 Å². The Kier molecular flexibility index (Phi) is 3.99. The summed E-state index contributed by atoms with van der Waals surface area (Å²) in [5.74, 6) is -0.266. The van der Waals surface area contributed by atoms with E-state index in [4.69, 9.17) is 20.8 Å². The van der Waals surface area contributed by atoms with Gasteiger partial charge in [-0.15, -0.1) is 0 Å². The molecule has 0 saturated carbocycles. The summed E-state index contributed by atoms with van der Waals surface area (Å²) in [7, 11) is 1.27. The van der Waals surface area contributed by atoms with Gasteiger partial charge in [0.15, 0.2) is 6.10 Å². The van der Waals surface area contributed by atoms with Crippen LogP contribution in [-0.4, -0.2) is 19.2 Å². The van der Waals surface area contributed by atoms with E-state index in [1.807, 2.05) is 0 Å². The van der Waals surface area contributed by atoms with Crippen molar-refractivity contribution >= 4 is 28.5 Å². The lowest BCUT2D eigenvalue weighted by molar-refractivity contribution is -0.147. The first kappa shape index (κ1) is 14.4. The fourth-order valence-corrected chi connectivity index (χ4v) is 2.02. The van der Waals surface area contributed by atoms with Crippen molar-refractivity contribution in [2.75, 3.05) is 7.11 Å². The van der Waals surface area contributed by atoms with Crippen molar-refractivity contribution < 1.29 is 18.7 Å². The van der Waals surface area contributed by atoms with E-state index < -0.39 is 17.7 Å². The molecule has 2 aromatic rings. The lowest BCUT2D eigenvalue weighted by atomic mass is 10.1. The number of rotatable bonds is 3. The average molecular weight is 297 g/mol. The summed E-state index contributed by atoms with van der Waals surface area (Å²) < 4.78 is 15.1. The molecule has 0 aliphatic rings. The molecule has 1 atom stereocenters. The first-order chi connectivity index (χ1) is 9.42. The molecular formula is C14H13ClO5. The first-order valence-electron chi connectivity index (χ1n) is 5.91. The van der Waals surface area contributed by atoms with Gasteiger partial charge >= 0.3 is 11.6 Å². The van der Waals surface area contributed by atoms with Crippen molar-refractivity contribution in [2.45, 2.75) is 20.0 Å². The minimum absolute atomic E-state index is 0.255. The Labute approximate surface area is 120 Å². The summed E-state index contributed by atoms with van der Waals surface area (Å²) in [5.41, 5.74) is 0.654. The molecule has 20 heavy (non-hydrogen) atoms. The predicted molar refractivity (Wildman–Crippen MR) is 74.3 cm³/mol. The summed E-state index contributed by atoms with van der Waals surface area (Å²) >= 11 is 6.11. The Hall–Kier alpha value is -2.01. The molecule has 0 saturated heterocycles. The highest BCUT2D eigenvalue weighted by atomic mass is 35.5. The summed E-state index contributed by atoms with van der Waals surface area (Å²) in [4.78, 5) is 22.7. The summed E-state index contributed by atoms with van der Waals surface area (Å²) in [6.45, 7) is 3.33. The smallest absolute Gasteiger partial charge is 0.346 e. The van der Waals surface area contributed by atoms with Crippen LogP contribution >= 0.6 is 11.6 Å². The molecule has 0 unspecified atom stereocenters. The molecule has 0 bridgehead atoms. The van der Waals surface area contributed by atoms with Crippen molar-refractivity contribution in [3.63, 3.8) is 0 Å². The number of carbonyl (C=O) groups is 1. The number of benzene rings is 1. The molecule has 5 nitrogen and oxygen atoms in total. The van der Waals surface area contributed by atoms with E-state index in [0.29, 0.717) is 16.0 Å². The zero-order chi connectivity index (χ0) is 14.9. The second-order valence-corrected chi connectivity index (χ2v) is 4.72. The minimum Gasteiger partial charge on any atom is -0.477 e. The maximum absolute atomic E-state index is 11.4. The molecular weight excluding hydrogens is 284 g/mol. The molecule has 106 valence electrons. The van der Waals surface area contributed by atoms with Gasteiger partial charge < -0.3 is 13.9 Å². The van der Waals surface area contributed by atoms with E-state index in [1.165, 1.54) is 19.2 Å². The Morgan fingerprint density at radius 1 is 1.35 bits per heavy atom. The standard InChI is InChI=1S/C14H13ClO5/c1-7-4-13(16)20-11-6-12(10(15)5-9(7)11)19-8(2)14(17)18-3/h4-6,8H,1-3H3/t8-/m0/s1. The molecule has 1 heterocycles. The van der Waals surface area contributed by atoms with Gasteiger partial charge in [-0.1, -0.05) is 11.6 Å². The number of hydrogen-bond acceptors (Lipinski definition) is 5. The van der Waals surface area contributed by atoms with Gasteiger partial charge in [0, 0.05) is 17.5 Å². The van der Waals surface area contributed by atoms with Crippen LogP contribution in [0.4, 0.5) is 0 Å². The molecule has 1 aromatic heterocycles. The molecule has 0 aliphatic heterocycles. The third-order valence-corrected chi connectivity index (χ3v) is 3.14. The lowest BCUT2D eigenvalue weighted by Crippen LogP contribution is -2.25. The highest BCUT2D eigenvalue weighted by Crippen LogP contribution is 2.31. The third kappa shape index (κ3) is 2.77. The van der Waals surface area contributed by atoms with E-state index in [1.54, 1.807) is 19.9 Å². The van der Waals surface area contributed by atoms with E-state index in [9.17, 15) is 9.59 Å². The van der Waals surface area contributed by atoms with E-state index in [2.05, 4.69) is 4.74 Å². The maximum Gasteiger partial charge on any atom is 0.346 e. The Morgan fingerprint density at radius 2 is 2.05 bits per heavy atom. The number of ether oxygens (including phenoxy) is 2. The van der Waals surface area contributed by atoms with Gasteiger partial charge in [0.05, 0.1) is 12.1 Å². The quantitative estimate of drug-likeness (QED) is 0.643. The van der Waals surface area contributed by atoms with Crippen LogP contribution in [0.3, 0.4) is 0 Å². The number of halogens is 1. The molecule has 1 aromatic carbocycles. The first-order valence-corrected chi connectivity index (χ1v) is 6.28. The van der Waals surface area contributed by atoms with Gasteiger partial charge in [0.1, 0.15) is 11.3 Å². The Balaban J connectivity index is 2.47. The molecule has 0 spiro atoms. The lowest BCUT2D eigenvalue weighted by Gasteiger charge is -2.14. The number of esters is 1. The fourth-order valence-electron chi connectivity index (χ4n) is 1.81. The van der Waals surface area contributed by atoms with Gasteiger partial charge in [-0.25, -0.2) is 9.59 Å². The Morgan fingerprint density at radius 3 is 2.70 bits per heavy atom. The van der Waals surface area contributed by atoms with Gasteiger partial charge in [-0.05, 0) is 25.5 Å². The molecule has 0 amide bonds. The highest BCUT2D eigenvalue weighted by molar-refractivity contribution is 6.32. The number of hydrogen-bond donors (Lipinski definition) is 0. The average Bonchev–Trinajstić information content (AvgIpc) is 2.39. The highest BCUT2D eigenvalue weighted by Gasteiger charge is 2.17. The second-order valence-electron chi connectivity index (χ2n) is 4.31. The van der Waals surface area contributed by atoms with E-state index in [-0.39, 0.29) is 5.75 Å². The van der Waals surface area contributed by atoms with Gasteiger partial charge in [0.2, 0.25) is 0 Å². The van der Waals surface area contributed by atoms with Crippen LogP contribution in [0, 0.1) is 6.92 Å². The third-order valence-electron chi connectivity index (χ3n) is 2.84. The second kappa shape index (κ2) is 5.54. The zero-order valence-corrected chi connectivity index (χ0v) is 12.0. The number of carbonyl (C=O) groups excluding carboxylic acids is 1. The van der Waals surface area contributed by atoms with Crippen LogP contribution in [0.25, 0.3) is 11.0 Å². The van der Waals surface area contributed by atoms with Crippen molar-refractivity contribution in [1.82, 2.24) is 0 Å². The molecule has 0 fully saturated rings. The molecule has 0 N–H and O–H groups in total. The van der Waals surface area contributed by atoms with Gasteiger partial charge in [0.25, 0.3) is 0 Å². The summed E-state index contributed by atoms with van der Waals surface area (Å²) in [6.07, 6.45) is -0.813. The van der Waals surface area contributed by atoms with E-state index in [0.717, 1.165) is 5.56 Å². The molecule has 0 radical (unpaired) electrons. The van der Waals surface area contributed by atoms with Crippen LogP contribution in [0.5, 0.6) is 5.75 Å². The number of fused-ring (bicyclic) bond motifs is 1. The monoisotopic (exact) mass is 296 g/mol. The van der Waals surface area contributed by atoms with Crippen LogP contribution in [0.1, 0.15) is 12.5 Å². The maximum atomic E-state index is 11.4. The van der Waals surface area contributed by atoms with Crippen molar-refractivity contribution in [1.29, 1.82) is 0 Å². The zero-order valence-electron chi connectivity index (χ0n) is 11.2. The fraction of sp³-hybridized carbons (Fsp3) is 0.286. The van der Waals surface area contributed by atoms with Gasteiger partial charge in [-0.3, -0.25) is 0 Å². The van der Waals surface area contributed by atoms with Crippen molar-refractivity contribution in [3.05, 3.63) is 39.2 Å². The molecule has 2 rings (SSSR count). The predicted octanol–water partition coefficient (Wildman–Crippen LogP) is 2.70. The summed E-state index contributed by atoms with van der Waals surface area (Å²) in [6, 6.07) is 4.51. The van der Waals surface area contributed by atoms with Crippen molar-refractivity contribution in [2.24, 2.45) is 0 Å². The minimum atomic E-state index is -0.813. The SMILES string of the molecule is COC(=O)[C@H](C)Oc1cc2oc(=O)cc(C)c2cc1Cl. The van der Waals surface area contributed by atoms with Crippen LogP contribution in [0.2, 0.25) is 5.02 Å². The number of methoxy groups -OCH3 is 1. The Bertz CT molecular complexity index is 719. The van der Waals surface area contributed by atoms with Crippen LogP contribution in [-0.2, 0) is 9.53 Å². The van der Waals surface area contributed by atoms with Crippen molar-refractivity contribution in [3.8, 4) is 5.75 Å². The largest absolute Gasteiger partial charge is 0.477 e. The molecule has 0 aliphatic carbocycles. The van der Waals surface area contributed by atoms with Crippen LogP contribution in [0.15, 0.2) is 27.4 Å².